The Bertz CT molecular complexity index is 655. The second kappa shape index (κ2) is 5.19. The molecule has 0 aliphatic carbocycles. The number of anilines is 1. The number of nitro groups is 1. The summed E-state index contributed by atoms with van der Waals surface area (Å²) in [6.45, 7) is -0.0995. The molecule has 9 heteroatoms. The molecule has 1 aromatic rings. The van der Waals surface area contributed by atoms with Crippen LogP contribution in [0.5, 0.6) is 0 Å². The molecule has 9 nitrogen and oxygen atoms in total. The molecule has 1 amide bonds. The fourth-order valence-corrected chi connectivity index (χ4v) is 2.14. The molecule has 2 rings (SSSR count). The molecule has 0 spiro atoms. The lowest BCUT2D eigenvalue weighted by Crippen LogP contribution is -2.26. The lowest BCUT2D eigenvalue weighted by Gasteiger charge is -2.16. The van der Waals surface area contributed by atoms with Crippen LogP contribution in [-0.2, 0) is 9.59 Å². The molecular weight excluding hydrogens is 284 g/mol. The zero-order chi connectivity index (χ0) is 15.7. The standard InChI is InChI=1S/C12H10N2O7/c15-10-3-6(11(16)17)5-13(10)7-1-2-8(12(18)19)9(4-7)14(20)21/h1-2,4,6H,3,5H2,(H,16,17)(H,18,19). The maximum absolute atomic E-state index is 11.8. The number of carboxylic acids is 2. The van der Waals surface area contributed by atoms with Crippen LogP contribution in [0.4, 0.5) is 11.4 Å². The van der Waals surface area contributed by atoms with E-state index < -0.39 is 39.9 Å². The molecular formula is C12H10N2O7. The van der Waals surface area contributed by atoms with Crippen molar-refractivity contribution in [2.75, 3.05) is 11.4 Å². The Kier molecular flexibility index (Phi) is 3.57. The van der Waals surface area contributed by atoms with Gasteiger partial charge in [0.15, 0.2) is 0 Å². The van der Waals surface area contributed by atoms with Gasteiger partial charge in [-0.1, -0.05) is 0 Å². The summed E-state index contributed by atoms with van der Waals surface area (Å²) < 4.78 is 0. The number of hydrogen-bond donors (Lipinski definition) is 2. The number of benzene rings is 1. The van der Waals surface area contributed by atoms with Crippen molar-refractivity contribution in [1.82, 2.24) is 0 Å². The minimum Gasteiger partial charge on any atom is -0.481 e. The van der Waals surface area contributed by atoms with Gasteiger partial charge in [0.2, 0.25) is 5.91 Å². The van der Waals surface area contributed by atoms with E-state index in [2.05, 4.69) is 0 Å². The van der Waals surface area contributed by atoms with Crippen LogP contribution in [0.2, 0.25) is 0 Å². The van der Waals surface area contributed by atoms with Crippen molar-refractivity contribution < 1.29 is 29.5 Å². The lowest BCUT2D eigenvalue weighted by molar-refractivity contribution is -0.385. The van der Waals surface area contributed by atoms with Gasteiger partial charge >= 0.3 is 11.9 Å². The Labute approximate surface area is 117 Å². The first-order valence-corrected chi connectivity index (χ1v) is 5.86. The van der Waals surface area contributed by atoms with Crippen LogP contribution >= 0.6 is 0 Å². The lowest BCUT2D eigenvalue weighted by atomic mass is 10.1. The van der Waals surface area contributed by atoms with Crippen LogP contribution in [0.15, 0.2) is 18.2 Å². The van der Waals surface area contributed by atoms with E-state index in [1.54, 1.807) is 0 Å². The predicted octanol–water partition coefficient (Wildman–Crippen LogP) is 0.730. The monoisotopic (exact) mass is 294 g/mol. The van der Waals surface area contributed by atoms with E-state index in [0.717, 1.165) is 17.0 Å². The van der Waals surface area contributed by atoms with Gasteiger partial charge in [-0.25, -0.2) is 4.79 Å². The number of aromatic carboxylic acids is 1. The smallest absolute Gasteiger partial charge is 0.342 e. The van der Waals surface area contributed by atoms with Crippen LogP contribution in [0.1, 0.15) is 16.8 Å². The average Bonchev–Trinajstić information content (AvgIpc) is 2.80. The van der Waals surface area contributed by atoms with Crippen molar-refractivity contribution in [1.29, 1.82) is 0 Å². The molecule has 1 atom stereocenters. The van der Waals surface area contributed by atoms with Gasteiger partial charge in [-0.05, 0) is 12.1 Å². The minimum absolute atomic E-state index is 0.0995. The first kappa shape index (κ1) is 14.4. The van der Waals surface area contributed by atoms with Crippen molar-refractivity contribution in [2.45, 2.75) is 6.42 Å². The van der Waals surface area contributed by atoms with Crippen molar-refractivity contribution in [3.63, 3.8) is 0 Å². The van der Waals surface area contributed by atoms with E-state index in [1.165, 1.54) is 6.07 Å². The molecule has 110 valence electrons. The third-order valence-corrected chi connectivity index (χ3v) is 3.19. The fourth-order valence-electron chi connectivity index (χ4n) is 2.14. The molecule has 0 bridgehead atoms. The summed E-state index contributed by atoms with van der Waals surface area (Å²) in [5.74, 6) is -3.93. The van der Waals surface area contributed by atoms with Crippen molar-refractivity contribution >= 4 is 29.2 Å². The van der Waals surface area contributed by atoms with Gasteiger partial charge in [0.1, 0.15) is 5.56 Å². The fraction of sp³-hybridized carbons (Fsp3) is 0.250. The molecule has 0 radical (unpaired) electrons. The molecule has 1 heterocycles. The van der Waals surface area contributed by atoms with Crippen LogP contribution in [-0.4, -0.2) is 39.5 Å². The van der Waals surface area contributed by atoms with Crippen LogP contribution in [0.25, 0.3) is 0 Å². The Hall–Kier alpha value is -2.97. The molecule has 21 heavy (non-hydrogen) atoms. The normalized spacial score (nSPS) is 17.8. The summed E-state index contributed by atoms with van der Waals surface area (Å²) >= 11 is 0. The highest BCUT2D eigenvalue weighted by molar-refractivity contribution is 6.00. The quantitative estimate of drug-likeness (QED) is 0.616. The van der Waals surface area contributed by atoms with Crippen molar-refractivity contribution in [3.8, 4) is 0 Å². The molecule has 0 saturated carbocycles. The number of rotatable bonds is 4. The highest BCUT2D eigenvalue weighted by atomic mass is 16.6. The number of aliphatic carboxylic acids is 1. The molecule has 1 aliphatic heterocycles. The molecule has 1 aromatic carbocycles. The zero-order valence-corrected chi connectivity index (χ0v) is 10.6. The van der Waals surface area contributed by atoms with E-state index in [-0.39, 0.29) is 18.7 Å². The highest BCUT2D eigenvalue weighted by Gasteiger charge is 2.36. The summed E-state index contributed by atoms with van der Waals surface area (Å²) in [7, 11) is 0. The van der Waals surface area contributed by atoms with Crippen LogP contribution in [0.3, 0.4) is 0 Å². The molecule has 1 fully saturated rings. The van der Waals surface area contributed by atoms with Crippen molar-refractivity contribution in [2.24, 2.45) is 5.92 Å². The van der Waals surface area contributed by atoms with Crippen molar-refractivity contribution in [3.05, 3.63) is 33.9 Å². The Morgan fingerprint density at radius 2 is 2.00 bits per heavy atom. The summed E-state index contributed by atoms with van der Waals surface area (Å²) in [4.78, 5) is 44.7. The van der Waals surface area contributed by atoms with E-state index in [4.69, 9.17) is 10.2 Å². The third-order valence-electron chi connectivity index (χ3n) is 3.19. The zero-order valence-electron chi connectivity index (χ0n) is 10.6. The van der Waals surface area contributed by atoms with Gasteiger partial charge in [0.25, 0.3) is 5.69 Å². The SMILES string of the molecule is O=C(O)c1ccc(N2CC(C(=O)O)CC2=O)cc1[N+](=O)[O-]. The topological polar surface area (TPSA) is 138 Å². The predicted molar refractivity (Wildman–Crippen MR) is 68.2 cm³/mol. The minimum atomic E-state index is -1.45. The molecule has 0 aromatic heterocycles. The van der Waals surface area contributed by atoms with Gasteiger partial charge in [0.05, 0.1) is 16.5 Å². The van der Waals surface area contributed by atoms with Gasteiger partial charge in [-0.2, -0.15) is 0 Å². The molecule has 2 N–H and O–H groups in total. The molecule has 1 saturated heterocycles. The van der Waals surface area contributed by atoms with E-state index in [9.17, 15) is 24.5 Å². The Morgan fingerprint density at radius 3 is 2.48 bits per heavy atom. The van der Waals surface area contributed by atoms with E-state index in [0.29, 0.717) is 0 Å². The second-order valence-electron chi connectivity index (χ2n) is 4.51. The van der Waals surface area contributed by atoms with Gasteiger partial charge in [-0.15, -0.1) is 0 Å². The molecule has 1 aliphatic rings. The van der Waals surface area contributed by atoms with E-state index in [1.807, 2.05) is 0 Å². The number of nitro benzene ring substituents is 1. The number of carbonyl (C=O) groups excluding carboxylic acids is 1. The van der Waals surface area contributed by atoms with Gasteiger partial charge in [-0.3, -0.25) is 19.7 Å². The van der Waals surface area contributed by atoms with Gasteiger partial charge < -0.3 is 15.1 Å². The largest absolute Gasteiger partial charge is 0.481 e. The summed E-state index contributed by atoms with van der Waals surface area (Å²) in [6.07, 6.45) is -0.191. The average molecular weight is 294 g/mol. The molecule has 1 unspecified atom stereocenters. The first-order chi connectivity index (χ1) is 9.81. The Morgan fingerprint density at radius 1 is 1.33 bits per heavy atom. The van der Waals surface area contributed by atoms with Crippen LogP contribution in [0, 0.1) is 16.0 Å². The number of nitrogens with zero attached hydrogens (tertiary/aromatic N) is 2. The van der Waals surface area contributed by atoms with Gasteiger partial charge in [0, 0.05) is 19.0 Å². The maximum Gasteiger partial charge on any atom is 0.342 e. The first-order valence-electron chi connectivity index (χ1n) is 5.86. The maximum atomic E-state index is 11.8. The Balaban J connectivity index is 2.40. The number of carbonyl (C=O) groups is 3. The van der Waals surface area contributed by atoms with Crippen LogP contribution < -0.4 is 4.90 Å². The van der Waals surface area contributed by atoms with E-state index >= 15 is 0 Å². The summed E-state index contributed by atoms with van der Waals surface area (Å²) in [5.41, 5.74) is -1.03. The number of hydrogen-bond acceptors (Lipinski definition) is 5. The third kappa shape index (κ3) is 2.66. The number of amides is 1. The number of carboxylic acid groups (broad SMARTS) is 2. The summed E-state index contributed by atoms with van der Waals surface area (Å²) in [6, 6.07) is 3.24. The summed E-state index contributed by atoms with van der Waals surface area (Å²) in [5, 5.41) is 28.7. The highest BCUT2D eigenvalue weighted by Crippen LogP contribution is 2.30. The second-order valence-corrected chi connectivity index (χ2v) is 4.51.